The van der Waals surface area contributed by atoms with Gasteiger partial charge in [-0.2, -0.15) is 0 Å². The minimum Gasteiger partial charge on any atom is -0.466 e. The molecule has 2 aromatic rings. The Kier molecular flexibility index (Phi) is 6.03. The van der Waals surface area contributed by atoms with Crippen molar-refractivity contribution in [1.82, 2.24) is 0 Å². The lowest BCUT2D eigenvalue weighted by Crippen LogP contribution is -2.17. The Morgan fingerprint density at radius 1 is 1.12 bits per heavy atom. The van der Waals surface area contributed by atoms with Crippen molar-refractivity contribution in [3.05, 3.63) is 54.1 Å². The van der Waals surface area contributed by atoms with E-state index in [1.807, 2.05) is 0 Å². The zero-order chi connectivity index (χ0) is 18.4. The molecule has 0 bridgehead atoms. The molecule has 1 atom stereocenters. The van der Waals surface area contributed by atoms with Gasteiger partial charge in [0.2, 0.25) is 0 Å². The van der Waals surface area contributed by atoms with Crippen molar-refractivity contribution in [1.29, 1.82) is 0 Å². The predicted molar refractivity (Wildman–Crippen MR) is 86.7 cm³/mol. The smallest absolute Gasteiger partial charge is 0.466 e. The monoisotopic (exact) mass is 353 g/mol. The lowest BCUT2D eigenvalue weighted by atomic mass is 9.98. The number of halogens is 3. The third-order valence-electron chi connectivity index (χ3n) is 3.41. The van der Waals surface area contributed by atoms with Crippen LogP contribution in [-0.2, 0) is 9.53 Å². The van der Waals surface area contributed by atoms with E-state index in [2.05, 4.69) is 4.74 Å². The number of nitrogens with two attached hydrogens (primary N) is 1. The molecule has 1 unspecified atom stereocenters. The highest BCUT2D eigenvalue weighted by molar-refractivity contribution is 5.71. The molecule has 7 heteroatoms. The van der Waals surface area contributed by atoms with E-state index in [4.69, 9.17) is 10.5 Å². The molecule has 0 fully saturated rings. The number of carbonyl (C=O) groups is 1. The number of hydrogen-bond acceptors (Lipinski definition) is 4. The van der Waals surface area contributed by atoms with Gasteiger partial charge in [0.05, 0.1) is 13.0 Å². The molecule has 0 radical (unpaired) electrons. The van der Waals surface area contributed by atoms with Crippen molar-refractivity contribution >= 4 is 5.97 Å². The summed E-state index contributed by atoms with van der Waals surface area (Å²) in [7, 11) is 0. The molecule has 0 aliphatic heterocycles. The number of ether oxygens (including phenoxy) is 2. The first-order chi connectivity index (χ1) is 11.8. The lowest BCUT2D eigenvalue weighted by Gasteiger charge is -2.14. The predicted octanol–water partition coefficient (Wildman–Crippen LogP) is 4.21. The summed E-state index contributed by atoms with van der Waals surface area (Å²) in [6, 6.07) is 12.1. The number of hydrogen-bond donors (Lipinski definition) is 1. The third-order valence-corrected chi connectivity index (χ3v) is 3.41. The lowest BCUT2D eigenvalue weighted by molar-refractivity contribution is -0.274. The Balaban J connectivity index is 2.21. The van der Waals surface area contributed by atoms with E-state index in [-0.39, 0.29) is 18.8 Å². The Hall–Kier alpha value is -2.54. The molecule has 25 heavy (non-hydrogen) atoms. The summed E-state index contributed by atoms with van der Waals surface area (Å²) < 4.78 is 45.8. The van der Waals surface area contributed by atoms with Crippen LogP contribution in [0.1, 0.15) is 24.9 Å². The summed E-state index contributed by atoms with van der Waals surface area (Å²) in [6.07, 6.45) is -4.73. The second kappa shape index (κ2) is 8.02. The first-order valence-electron chi connectivity index (χ1n) is 7.66. The van der Waals surface area contributed by atoms with Gasteiger partial charge in [0.15, 0.2) is 0 Å². The van der Waals surface area contributed by atoms with Crippen molar-refractivity contribution in [2.24, 2.45) is 5.73 Å². The molecular weight excluding hydrogens is 335 g/mol. The van der Waals surface area contributed by atoms with Gasteiger partial charge in [0, 0.05) is 6.04 Å². The average molecular weight is 353 g/mol. The van der Waals surface area contributed by atoms with Gasteiger partial charge in [-0.25, -0.2) is 0 Å². The number of carbonyl (C=O) groups excluding carboxylic acids is 1. The molecule has 134 valence electrons. The van der Waals surface area contributed by atoms with Crippen LogP contribution < -0.4 is 10.5 Å². The molecule has 0 spiro atoms. The number of rotatable bonds is 6. The molecule has 0 amide bonds. The Bertz CT molecular complexity index is 732. The van der Waals surface area contributed by atoms with E-state index in [1.165, 1.54) is 18.2 Å². The van der Waals surface area contributed by atoms with Gasteiger partial charge < -0.3 is 15.2 Å². The van der Waals surface area contributed by atoms with Crippen LogP contribution in [0.4, 0.5) is 13.2 Å². The molecule has 0 aliphatic carbocycles. The highest BCUT2D eigenvalue weighted by Crippen LogP contribution is 2.29. The topological polar surface area (TPSA) is 61.5 Å². The van der Waals surface area contributed by atoms with Crippen LogP contribution in [0, 0.1) is 0 Å². The van der Waals surface area contributed by atoms with Crippen LogP contribution in [0.5, 0.6) is 5.75 Å². The van der Waals surface area contributed by atoms with Crippen molar-refractivity contribution in [2.45, 2.75) is 25.7 Å². The standard InChI is InChI=1S/C18H18F3NO3/c1-2-24-17(23)11-16(22)14-7-3-5-12(9-14)13-6-4-8-15(10-13)25-18(19,20)21/h3-10,16H,2,11,22H2,1H3. The van der Waals surface area contributed by atoms with Crippen molar-refractivity contribution < 1.29 is 27.4 Å². The normalized spacial score (nSPS) is 12.5. The van der Waals surface area contributed by atoms with Crippen LogP contribution in [0.25, 0.3) is 11.1 Å². The van der Waals surface area contributed by atoms with Gasteiger partial charge in [-0.3, -0.25) is 4.79 Å². The molecule has 2 rings (SSSR count). The van der Waals surface area contributed by atoms with Crippen LogP contribution >= 0.6 is 0 Å². The first-order valence-corrected chi connectivity index (χ1v) is 7.66. The van der Waals surface area contributed by atoms with E-state index >= 15 is 0 Å². The number of esters is 1. The fourth-order valence-corrected chi connectivity index (χ4v) is 2.34. The molecular formula is C18H18F3NO3. The molecule has 4 nitrogen and oxygen atoms in total. The molecule has 0 saturated heterocycles. The van der Waals surface area contributed by atoms with Crippen LogP contribution in [0.3, 0.4) is 0 Å². The minimum atomic E-state index is -4.75. The van der Waals surface area contributed by atoms with Crippen LogP contribution in [-0.4, -0.2) is 18.9 Å². The summed E-state index contributed by atoms with van der Waals surface area (Å²) in [5, 5.41) is 0. The molecule has 2 N–H and O–H groups in total. The molecule has 2 aromatic carbocycles. The van der Waals surface area contributed by atoms with Gasteiger partial charge in [0.1, 0.15) is 5.75 Å². The van der Waals surface area contributed by atoms with E-state index in [0.29, 0.717) is 16.7 Å². The summed E-state index contributed by atoms with van der Waals surface area (Å²) in [5.74, 6) is -0.702. The summed E-state index contributed by atoms with van der Waals surface area (Å²) >= 11 is 0. The summed E-state index contributed by atoms with van der Waals surface area (Å²) in [5.41, 5.74) is 7.92. The van der Waals surface area contributed by atoms with E-state index < -0.39 is 18.4 Å². The second-order valence-electron chi connectivity index (χ2n) is 5.32. The van der Waals surface area contributed by atoms with Gasteiger partial charge >= 0.3 is 12.3 Å². The van der Waals surface area contributed by atoms with Gasteiger partial charge in [-0.15, -0.1) is 13.2 Å². The van der Waals surface area contributed by atoms with Gasteiger partial charge in [-0.05, 0) is 41.8 Å². The van der Waals surface area contributed by atoms with Crippen LogP contribution in [0.15, 0.2) is 48.5 Å². The fraction of sp³-hybridized carbons (Fsp3) is 0.278. The van der Waals surface area contributed by atoms with E-state index in [1.54, 1.807) is 37.3 Å². The van der Waals surface area contributed by atoms with E-state index in [9.17, 15) is 18.0 Å². The average Bonchev–Trinajstić information content (AvgIpc) is 2.54. The second-order valence-corrected chi connectivity index (χ2v) is 5.32. The van der Waals surface area contributed by atoms with Crippen molar-refractivity contribution in [3.63, 3.8) is 0 Å². The number of alkyl halides is 3. The molecule has 0 aliphatic rings. The van der Waals surface area contributed by atoms with Crippen molar-refractivity contribution in [3.8, 4) is 16.9 Å². The van der Waals surface area contributed by atoms with Crippen molar-refractivity contribution in [2.75, 3.05) is 6.61 Å². The minimum absolute atomic E-state index is 0.0223. The Morgan fingerprint density at radius 2 is 1.76 bits per heavy atom. The third kappa shape index (κ3) is 5.79. The van der Waals surface area contributed by atoms with Crippen LogP contribution in [0.2, 0.25) is 0 Å². The zero-order valence-electron chi connectivity index (χ0n) is 13.5. The Morgan fingerprint density at radius 3 is 2.40 bits per heavy atom. The Labute approximate surface area is 143 Å². The number of benzene rings is 2. The maximum absolute atomic E-state index is 12.3. The SMILES string of the molecule is CCOC(=O)CC(N)c1cccc(-c2cccc(OC(F)(F)F)c2)c1. The zero-order valence-corrected chi connectivity index (χ0v) is 13.5. The largest absolute Gasteiger partial charge is 0.573 e. The molecule has 0 saturated carbocycles. The fourth-order valence-electron chi connectivity index (χ4n) is 2.34. The van der Waals surface area contributed by atoms with E-state index in [0.717, 1.165) is 0 Å². The maximum Gasteiger partial charge on any atom is 0.573 e. The highest BCUT2D eigenvalue weighted by Gasteiger charge is 2.31. The molecule has 0 aromatic heterocycles. The maximum atomic E-state index is 12.3. The van der Waals surface area contributed by atoms with Gasteiger partial charge in [0.25, 0.3) is 0 Å². The highest BCUT2D eigenvalue weighted by atomic mass is 19.4. The van der Waals surface area contributed by atoms with Gasteiger partial charge in [-0.1, -0.05) is 30.3 Å². The summed E-state index contributed by atoms with van der Waals surface area (Å²) in [4.78, 5) is 11.5. The first kappa shape index (κ1) is 18.8. The molecule has 0 heterocycles. The quantitative estimate of drug-likeness (QED) is 0.791. The summed E-state index contributed by atoms with van der Waals surface area (Å²) in [6.45, 7) is 1.98.